The van der Waals surface area contributed by atoms with E-state index >= 15 is 0 Å². The lowest BCUT2D eigenvalue weighted by Gasteiger charge is -2.16. The van der Waals surface area contributed by atoms with Crippen molar-refractivity contribution in [1.82, 2.24) is 0 Å². The Hall–Kier alpha value is -0.570. The van der Waals surface area contributed by atoms with Crippen LogP contribution in [-0.2, 0) is 9.53 Å². The number of aliphatic hydroxyl groups is 1. The van der Waals surface area contributed by atoms with Crippen LogP contribution in [-0.4, -0.2) is 24.3 Å². The molecule has 0 aromatic heterocycles. The number of esters is 1. The van der Waals surface area contributed by atoms with Crippen LogP contribution in [0.15, 0.2) is 0 Å². The minimum atomic E-state index is -0.292. The summed E-state index contributed by atoms with van der Waals surface area (Å²) in [7, 11) is 1.40. The van der Waals surface area contributed by atoms with Crippen LogP contribution >= 0.6 is 0 Å². The Labute approximate surface area is 80.1 Å². The molecule has 78 valence electrons. The molecule has 0 saturated heterocycles. The van der Waals surface area contributed by atoms with Gasteiger partial charge < -0.3 is 9.84 Å². The van der Waals surface area contributed by atoms with Gasteiger partial charge in [-0.3, -0.25) is 4.79 Å². The topological polar surface area (TPSA) is 46.5 Å². The van der Waals surface area contributed by atoms with Crippen LogP contribution in [0.4, 0.5) is 0 Å². The summed E-state index contributed by atoms with van der Waals surface area (Å²) >= 11 is 0. The fraction of sp³-hybridized carbons (Fsp3) is 0.900. The first-order chi connectivity index (χ1) is 5.97. The van der Waals surface area contributed by atoms with Gasteiger partial charge in [-0.15, -0.1) is 0 Å². The SMILES string of the molecule is COC(=O)C(C)CC(C)CC(C)O. The summed E-state index contributed by atoms with van der Waals surface area (Å²) in [5.74, 6) is 0.116. The van der Waals surface area contributed by atoms with Gasteiger partial charge in [0.15, 0.2) is 0 Å². The van der Waals surface area contributed by atoms with Gasteiger partial charge in [-0.2, -0.15) is 0 Å². The van der Waals surface area contributed by atoms with Crippen LogP contribution in [0, 0.1) is 11.8 Å². The van der Waals surface area contributed by atoms with Gasteiger partial charge in [0.1, 0.15) is 0 Å². The van der Waals surface area contributed by atoms with Crippen molar-refractivity contribution in [2.75, 3.05) is 7.11 Å². The van der Waals surface area contributed by atoms with Crippen molar-refractivity contribution < 1.29 is 14.6 Å². The number of rotatable bonds is 5. The molecule has 0 fully saturated rings. The third-order valence-corrected chi connectivity index (χ3v) is 2.10. The number of hydrogen-bond donors (Lipinski definition) is 1. The molecule has 0 rings (SSSR count). The molecule has 13 heavy (non-hydrogen) atoms. The molecule has 0 spiro atoms. The zero-order chi connectivity index (χ0) is 10.4. The number of aliphatic hydroxyl groups excluding tert-OH is 1. The minimum absolute atomic E-state index is 0.0706. The minimum Gasteiger partial charge on any atom is -0.469 e. The van der Waals surface area contributed by atoms with E-state index in [1.54, 1.807) is 6.92 Å². The maximum Gasteiger partial charge on any atom is 0.308 e. The molecule has 3 heteroatoms. The van der Waals surface area contributed by atoms with Gasteiger partial charge in [0, 0.05) is 0 Å². The van der Waals surface area contributed by atoms with Crippen LogP contribution in [0.5, 0.6) is 0 Å². The Kier molecular flexibility index (Phi) is 5.71. The molecular formula is C10H20O3. The van der Waals surface area contributed by atoms with Gasteiger partial charge >= 0.3 is 5.97 Å². The van der Waals surface area contributed by atoms with Gasteiger partial charge in [-0.25, -0.2) is 0 Å². The van der Waals surface area contributed by atoms with Crippen molar-refractivity contribution in [3.8, 4) is 0 Å². The van der Waals surface area contributed by atoms with Crippen molar-refractivity contribution in [2.24, 2.45) is 11.8 Å². The average Bonchev–Trinajstić information content (AvgIpc) is 2.01. The van der Waals surface area contributed by atoms with Crippen LogP contribution in [0.1, 0.15) is 33.6 Å². The van der Waals surface area contributed by atoms with Crippen molar-refractivity contribution in [1.29, 1.82) is 0 Å². The predicted octanol–water partition coefficient (Wildman–Crippen LogP) is 1.59. The third-order valence-electron chi connectivity index (χ3n) is 2.10. The highest BCUT2D eigenvalue weighted by atomic mass is 16.5. The second kappa shape index (κ2) is 5.97. The molecule has 0 amide bonds. The highest BCUT2D eigenvalue weighted by Gasteiger charge is 2.17. The molecule has 0 heterocycles. The Balaban J connectivity index is 3.77. The van der Waals surface area contributed by atoms with Gasteiger partial charge in [0.25, 0.3) is 0 Å². The van der Waals surface area contributed by atoms with Gasteiger partial charge in [-0.1, -0.05) is 13.8 Å². The molecule has 0 aromatic carbocycles. The van der Waals surface area contributed by atoms with Gasteiger partial charge in [0.05, 0.1) is 19.1 Å². The lowest BCUT2D eigenvalue weighted by atomic mass is 9.93. The third kappa shape index (κ3) is 5.64. The molecule has 3 nitrogen and oxygen atoms in total. The highest BCUT2D eigenvalue weighted by Crippen LogP contribution is 2.17. The van der Waals surface area contributed by atoms with E-state index < -0.39 is 0 Å². The lowest BCUT2D eigenvalue weighted by molar-refractivity contribution is -0.145. The number of carbonyl (C=O) groups is 1. The average molecular weight is 188 g/mol. The zero-order valence-corrected chi connectivity index (χ0v) is 8.91. The fourth-order valence-corrected chi connectivity index (χ4v) is 1.58. The Morgan fingerprint density at radius 2 is 1.85 bits per heavy atom. The van der Waals surface area contributed by atoms with Crippen molar-refractivity contribution in [2.45, 2.75) is 39.7 Å². The predicted molar refractivity (Wildman–Crippen MR) is 51.3 cm³/mol. The molecule has 0 aliphatic carbocycles. The summed E-state index contributed by atoms with van der Waals surface area (Å²) < 4.78 is 4.62. The monoisotopic (exact) mass is 188 g/mol. The van der Waals surface area contributed by atoms with E-state index in [-0.39, 0.29) is 18.0 Å². The van der Waals surface area contributed by atoms with E-state index in [1.807, 2.05) is 13.8 Å². The Bertz CT molecular complexity index is 154. The van der Waals surface area contributed by atoms with Gasteiger partial charge in [0.2, 0.25) is 0 Å². The smallest absolute Gasteiger partial charge is 0.308 e. The Morgan fingerprint density at radius 3 is 2.23 bits per heavy atom. The van der Waals surface area contributed by atoms with E-state index in [9.17, 15) is 4.79 Å². The Morgan fingerprint density at radius 1 is 1.31 bits per heavy atom. The summed E-state index contributed by atoms with van der Waals surface area (Å²) in [6, 6.07) is 0. The van der Waals surface area contributed by atoms with E-state index in [0.717, 1.165) is 12.8 Å². The molecular weight excluding hydrogens is 168 g/mol. The zero-order valence-electron chi connectivity index (χ0n) is 8.91. The molecule has 0 saturated carbocycles. The summed E-state index contributed by atoms with van der Waals surface area (Å²) in [5, 5.41) is 9.12. The molecule has 1 N–H and O–H groups in total. The molecule has 0 aliphatic heterocycles. The maximum atomic E-state index is 11.0. The van der Waals surface area contributed by atoms with E-state index in [1.165, 1.54) is 7.11 Å². The second-order valence-electron chi connectivity index (χ2n) is 3.85. The summed E-state index contributed by atoms with van der Waals surface area (Å²) in [6.45, 7) is 5.65. The second-order valence-corrected chi connectivity index (χ2v) is 3.85. The molecule has 0 aliphatic rings. The quantitative estimate of drug-likeness (QED) is 0.666. The first-order valence-electron chi connectivity index (χ1n) is 4.73. The lowest BCUT2D eigenvalue weighted by Crippen LogP contribution is -2.17. The van der Waals surface area contributed by atoms with Crippen molar-refractivity contribution >= 4 is 5.97 Å². The largest absolute Gasteiger partial charge is 0.469 e. The molecule has 0 aromatic rings. The first kappa shape index (κ1) is 12.4. The van der Waals surface area contributed by atoms with E-state index in [0.29, 0.717) is 5.92 Å². The standard InChI is InChI=1S/C10H20O3/c1-7(6-9(3)11)5-8(2)10(12)13-4/h7-9,11H,5-6H2,1-4H3. The van der Waals surface area contributed by atoms with E-state index in [4.69, 9.17) is 5.11 Å². The van der Waals surface area contributed by atoms with Gasteiger partial charge in [-0.05, 0) is 25.7 Å². The van der Waals surface area contributed by atoms with Crippen molar-refractivity contribution in [3.63, 3.8) is 0 Å². The summed E-state index contributed by atoms with van der Waals surface area (Å²) in [4.78, 5) is 11.0. The molecule has 3 unspecified atom stereocenters. The number of ether oxygens (including phenoxy) is 1. The summed E-state index contributed by atoms with van der Waals surface area (Å²) in [6.07, 6.45) is 1.22. The van der Waals surface area contributed by atoms with E-state index in [2.05, 4.69) is 4.74 Å². The molecule has 0 radical (unpaired) electrons. The van der Waals surface area contributed by atoms with Crippen molar-refractivity contribution in [3.05, 3.63) is 0 Å². The normalized spacial score (nSPS) is 17.6. The van der Waals surface area contributed by atoms with Crippen LogP contribution in [0.3, 0.4) is 0 Å². The maximum absolute atomic E-state index is 11.0. The van der Waals surface area contributed by atoms with Crippen LogP contribution < -0.4 is 0 Å². The molecule has 3 atom stereocenters. The molecule has 0 bridgehead atoms. The number of methoxy groups -OCH3 is 1. The number of hydrogen-bond acceptors (Lipinski definition) is 3. The summed E-state index contributed by atoms with van der Waals surface area (Å²) in [5.41, 5.74) is 0. The highest BCUT2D eigenvalue weighted by molar-refractivity contribution is 5.71. The fourth-order valence-electron chi connectivity index (χ4n) is 1.58. The van der Waals surface area contributed by atoms with Crippen LogP contribution in [0.2, 0.25) is 0 Å². The van der Waals surface area contributed by atoms with Crippen LogP contribution in [0.25, 0.3) is 0 Å². The first-order valence-corrected chi connectivity index (χ1v) is 4.73. The number of carbonyl (C=O) groups excluding carboxylic acids is 1.